The predicted molar refractivity (Wildman–Crippen MR) is 112 cm³/mol. The Bertz CT molecular complexity index is 1210. The van der Waals surface area contributed by atoms with Gasteiger partial charge in [0.1, 0.15) is 30.0 Å². The van der Waals surface area contributed by atoms with E-state index in [1.165, 1.54) is 18.5 Å². The number of amides is 1. The second-order valence-corrected chi connectivity index (χ2v) is 9.00. The fourth-order valence-electron chi connectivity index (χ4n) is 5.34. The zero-order chi connectivity index (χ0) is 22.0. The lowest BCUT2D eigenvalue weighted by molar-refractivity contribution is -0.140. The summed E-state index contributed by atoms with van der Waals surface area (Å²) in [6.07, 6.45) is 3.41. The fourth-order valence-corrected chi connectivity index (χ4v) is 5.53. The molecular weight excluding hydrogens is 440 g/mol. The van der Waals surface area contributed by atoms with Crippen molar-refractivity contribution < 1.29 is 18.3 Å². The molecule has 0 radical (unpaired) electrons. The van der Waals surface area contributed by atoms with Crippen molar-refractivity contribution in [3.05, 3.63) is 58.9 Å². The molecule has 0 unspecified atom stereocenters. The number of piperidine rings is 1. The summed E-state index contributed by atoms with van der Waals surface area (Å²) in [4.78, 5) is 21.6. The van der Waals surface area contributed by atoms with Crippen LogP contribution in [0.1, 0.15) is 37.3 Å². The van der Waals surface area contributed by atoms with Gasteiger partial charge in [-0.25, -0.2) is 13.8 Å². The summed E-state index contributed by atoms with van der Waals surface area (Å²) >= 11 is 6.21. The predicted octanol–water partition coefficient (Wildman–Crippen LogP) is 3.72. The Kier molecular flexibility index (Phi) is 4.42. The van der Waals surface area contributed by atoms with E-state index in [0.717, 1.165) is 11.9 Å². The molecule has 3 aromatic rings. The van der Waals surface area contributed by atoms with Crippen molar-refractivity contribution in [2.24, 2.45) is 0 Å². The number of nitrogens with zero attached hydrogens (tertiary/aromatic N) is 5. The molecule has 3 saturated heterocycles. The Morgan fingerprint density at radius 3 is 2.59 bits per heavy atom. The Balaban J connectivity index is 1.24. The number of anilines is 1. The van der Waals surface area contributed by atoms with Gasteiger partial charge in [0.2, 0.25) is 0 Å². The highest BCUT2D eigenvalue weighted by Gasteiger charge is 2.58. The van der Waals surface area contributed by atoms with Crippen LogP contribution >= 0.6 is 11.6 Å². The van der Waals surface area contributed by atoms with Gasteiger partial charge in [-0.2, -0.15) is 9.61 Å². The molecule has 0 saturated carbocycles. The molecule has 3 aliphatic heterocycles. The second-order valence-electron chi connectivity index (χ2n) is 8.60. The monoisotopic (exact) mass is 459 g/mol. The Morgan fingerprint density at radius 1 is 1.09 bits per heavy atom. The molecule has 5 heterocycles. The first-order valence-corrected chi connectivity index (χ1v) is 11.0. The molecule has 3 fully saturated rings. The summed E-state index contributed by atoms with van der Waals surface area (Å²) in [6.45, 7) is 1.20. The van der Waals surface area contributed by atoms with Crippen molar-refractivity contribution >= 4 is 29.0 Å². The highest BCUT2D eigenvalue weighted by atomic mass is 35.5. The Labute approximate surface area is 187 Å². The van der Waals surface area contributed by atoms with Crippen LogP contribution < -0.4 is 4.90 Å². The molecule has 1 aromatic carbocycles. The molecule has 10 heteroatoms. The van der Waals surface area contributed by atoms with Crippen LogP contribution in [0.5, 0.6) is 0 Å². The number of ether oxygens (including phenoxy) is 1. The average Bonchev–Trinajstić information content (AvgIpc) is 3.46. The maximum Gasteiger partial charge on any atom is 0.257 e. The molecule has 166 valence electrons. The quantitative estimate of drug-likeness (QED) is 0.584. The summed E-state index contributed by atoms with van der Waals surface area (Å²) in [7, 11) is 0. The third kappa shape index (κ3) is 2.91. The van der Waals surface area contributed by atoms with Gasteiger partial charge in [0.05, 0.1) is 11.1 Å². The van der Waals surface area contributed by atoms with Crippen LogP contribution in [0.25, 0.3) is 5.65 Å². The number of halogens is 3. The van der Waals surface area contributed by atoms with Gasteiger partial charge in [0, 0.05) is 32.0 Å². The minimum atomic E-state index is -0.903. The minimum Gasteiger partial charge on any atom is -0.356 e. The molecule has 0 aliphatic carbocycles. The Morgan fingerprint density at radius 2 is 1.84 bits per heavy atom. The smallest absolute Gasteiger partial charge is 0.257 e. The van der Waals surface area contributed by atoms with Gasteiger partial charge in [-0.05, 0) is 42.7 Å². The van der Waals surface area contributed by atoms with E-state index >= 15 is 0 Å². The van der Waals surface area contributed by atoms with Crippen molar-refractivity contribution in [3.63, 3.8) is 0 Å². The van der Waals surface area contributed by atoms with E-state index in [1.54, 1.807) is 15.5 Å². The number of fused-ring (bicyclic) bond motifs is 2. The lowest BCUT2D eigenvalue weighted by Gasteiger charge is -2.38. The zero-order valence-corrected chi connectivity index (χ0v) is 17.8. The van der Waals surface area contributed by atoms with Crippen LogP contribution in [-0.2, 0) is 9.53 Å². The number of aromatic nitrogens is 3. The first-order chi connectivity index (χ1) is 15.4. The number of carbonyl (C=O) groups is 1. The number of rotatable bonds is 2. The van der Waals surface area contributed by atoms with E-state index in [1.807, 2.05) is 6.07 Å². The third-order valence-corrected chi connectivity index (χ3v) is 7.14. The summed E-state index contributed by atoms with van der Waals surface area (Å²) < 4.78 is 35.6. The second kappa shape index (κ2) is 7.11. The standard InChI is InChI=1S/C22H20ClF2N5O2/c23-16-1-3-18(30-20(16)26-12-27-30)28-7-5-22(6-8-28)21(31)29-17(2-4-19(29)32-22)13-9-14(24)11-15(25)10-13/h1,3,9-12,17,19H,2,4-8H2/t17-,19+/m0/s1. The van der Waals surface area contributed by atoms with Crippen LogP contribution in [0.4, 0.5) is 14.6 Å². The third-order valence-electron chi connectivity index (χ3n) is 6.84. The van der Waals surface area contributed by atoms with E-state index in [2.05, 4.69) is 15.0 Å². The highest BCUT2D eigenvalue weighted by molar-refractivity contribution is 6.33. The molecule has 2 atom stereocenters. The lowest BCUT2D eigenvalue weighted by atomic mass is 9.89. The summed E-state index contributed by atoms with van der Waals surface area (Å²) in [5, 5.41) is 4.80. The van der Waals surface area contributed by atoms with E-state index in [4.69, 9.17) is 16.3 Å². The molecule has 3 aliphatic rings. The maximum atomic E-state index is 13.8. The van der Waals surface area contributed by atoms with Gasteiger partial charge >= 0.3 is 0 Å². The van der Waals surface area contributed by atoms with Crippen LogP contribution in [0.3, 0.4) is 0 Å². The van der Waals surface area contributed by atoms with E-state index < -0.39 is 17.2 Å². The fraction of sp³-hybridized carbons (Fsp3) is 0.409. The van der Waals surface area contributed by atoms with E-state index in [-0.39, 0.29) is 18.2 Å². The van der Waals surface area contributed by atoms with Crippen LogP contribution in [0.2, 0.25) is 5.02 Å². The first kappa shape index (κ1) is 19.9. The van der Waals surface area contributed by atoms with Gasteiger partial charge in [-0.1, -0.05) is 11.6 Å². The molecule has 0 bridgehead atoms. The van der Waals surface area contributed by atoms with Crippen LogP contribution in [-0.4, -0.2) is 50.3 Å². The molecule has 1 amide bonds. The first-order valence-electron chi connectivity index (χ1n) is 10.6. The van der Waals surface area contributed by atoms with Gasteiger partial charge < -0.3 is 14.5 Å². The number of carbonyl (C=O) groups excluding carboxylic acids is 1. The summed E-state index contributed by atoms with van der Waals surface area (Å²) in [5.41, 5.74) is 0.161. The minimum absolute atomic E-state index is 0.0867. The highest BCUT2D eigenvalue weighted by Crippen LogP contribution is 2.48. The van der Waals surface area contributed by atoms with Gasteiger partial charge in [0.25, 0.3) is 5.91 Å². The lowest BCUT2D eigenvalue weighted by Crippen LogP contribution is -2.50. The van der Waals surface area contributed by atoms with Gasteiger partial charge in [-0.3, -0.25) is 4.79 Å². The van der Waals surface area contributed by atoms with Gasteiger partial charge in [-0.15, -0.1) is 0 Å². The van der Waals surface area contributed by atoms with E-state index in [9.17, 15) is 13.6 Å². The molecule has 1 spiro atoms. The number of benzene rings is 1. The maximum absolute atomic E-state index is 13.8. The van der Waals surface area contributed by atoms with Crippen molar-refractivity contribution in [2.45, 2.75) is 43.6 Å². The van der Waals surface area contributed by atoms with Crippen molar-refractivity contribution in [1.29, 1.82) is 0 Å². The number of hydrogen-bond donors (Lipinski definition) is 0. The summed E-state index contributed by atoms with van der Waals surface area (Å²) in [6, 6.07) is 6.77. The molecule has 32 heavy (non-hydrogen) atoms. The SMILES string of the molecule is O=C1N2[C@@H](CC[C@H]2c2cc(F)cc(F)c2)OC12CCN(c1ccc(Cl)c3ncnn13)CC2. The molecular formula is C22H20ClF2N5O2. The van der Waals surface area contributed by atoms with Crippen molar-refractivity contribution in [1.82, 2.24) is 19.5 Å². The molecule has 7 nitrogen and oxygen atoms in total. The molecule has 0 N–H and O–H groups in total. The average molecular weight is 460 g/mol. The van der Waals surface area contributed by atoms with Crippen molar-refractivity contribution in [2.75, 3.05) is 18.0 Å². The largest absolute Gasteiger partial charge is 0.356 e. The normalized spacial score (nSPS) is 24.7. The van der Waals surface area contributed by atoms with Gasteiger partial charge in [0.15, 0.2) is 11.2 Å². The topological polar surface area (TPSA) is 63.0 Å². The van der Waals surface area contributed by atoms with Crippen LogP contribution in [0.15, 0.2) is 36.7 Å². The van der Waals surface area contributed by atoms with E-state index in [0.29, 0.717) is 55.0 Å². The molecule has 6 rings (SSSR count). The molecule has 2 aromatic heterocycles. The van der Waals surface area contributed by atoms with Crippen LogP contribution in [0, 0.1) is 11.6 Å². The number of hydrogen-bond acceptors (Lipinski definition) is 5. The van der Waals surface area contributed by atoms with Crippen molar-refractivity contribution in [3.8, 4) is 0 Å². The number of pyridine rings is 1. The Hall–Kier alpha value is -2.78. The zero-order valence-electron chi connectivity index (χ0n) is 17.0. The summed E-state index contributed by atoms with van der Waals surface area (Å²) in [5.74, 6) is -0.505.